The molecule has 0 heterocycles. The first kappa shape index (κ1) is 8.20. The number of aliphatic hydroxyl groups is 1. The van der Waals surface area contributed by atoms with Crippen LogP contribution in [-0.2, 0) is 4.79 Å². The third-order valence-electron chi connectivity index (χ3n) is 2.01. The van der Waals surface area contributed by atoms with Crippen LogP contribution in [0.2, 0.25) is 0 Å². The fourth-order valence-corrected chi connectivity index (χ4v) is 1.37. The Bertz CT molecular complexity index is 184. The predicted octanol–water partition coefficient (Wildman–Crippen LogP) is -0.0873. The molecule has 11 heavy (non-hydrogen) atoms. The largest absolute Gasteiger partial charge is 0.481 e. The number of rotatable bonds is 3. The monoisotopic (exact) mass is 157 g/mol. The highest BCUT2D eigenvalue weighted by molar-refractivity contribution is 5.71. The van der Waals surface area contributed by atoms with Crippen molar-refractivity contribution in [2.75, 3.05) is 6.54 Å². The fraction of sp³-hybridized carbons (Fsp3) is 0.714. The lowest BCUT2D eigenvalue weighted by Crippen LogP contribution is -2.49. The van der Waals surface area contributed by atoms with Crippen molar-refractivity contribution in [3.8, 4) is 0 Å². The Morgan fingerprint density at radius 2 is 2.27 bits per heavy atom. The summed E-state index contributed by atoms with van der Waals surface area (Å²) in [4.78, 5) is 13.8. The summed E-state index contributed by atoms with van der Waals surface area (Å²) in [6.07, 6.45) is 0.614. The van der Waals surface area contributed by atoms with E-state index in [-0.39, 0.29) is 12.5 Å². The average molecular weight is 157 g/mol. The SMILES string of the molecule is C=NCC1(O)CC(C(=O)O)C1. The molecule has 1 saturated carbocycles. The van der Waals surface area contributed by atoms with E-state index in [4.69, 9.17) is 5.11 Å². The molecule has 1 aliphatic carbocycles. The van der Waals surface area contributed by atoms with Gasteiger partial charge >= 0.3 is 5.97 Å². The number of aliphatic carboxylic acids is 1. The maximum Gasteiger partial charge on any atom is 0.306 e. The van der Waals surface area contributed by atoms with Gasteiger partial charge in [-0.1, -0.05) is 0 Å². The van der Waals surface area contributed by atoms with Crippen LogP contribution in [0.4, 0.5) is 0 Å². The van der Waals surface area contributed by atoms with Crippen molar-refractivity contribution >= 4 is 12.7 Å². The molecule has 1 rings (SSSR count). The smallest absolute Gasteiger partial charge is 0.306 e. The number of carboxylic acid groups (broad SMARTS) is 1. The standard InChI is InChI=1S/C7H11NO3/c1-8-4-7(11)2-5(3-7)6(9)10/h5,11H,1-4H2,(H,9,10). The molecule has 0 aromatic rings. The Kier molecular flexibility index (Phi) is 1.95. The zero-order valence-corrected chi connectivity index (χ0v) is 6.16. The van der Waals surface area contributed by atoms with Crippen LogP contribution < -0.4 is 0 Å². The van der Waals surface area contributed by atoms with E-state index in [1.54, 1.807) is 0 Å². The van der Waals surface area contributed by atoms with E-state index in [1.165, 1.54) is 0 Å². The van der Waals surface area contributed by atoms with Crippen molar-refractivity contribution in [2.45, 2.75) is 18.4 Å². The normalized spacial score (nSPS) is 35.9. The molecule has 0 radical (unpaired) electrons. The zero-order chi connectivity index (χ0) is 8.48. The number of hydrogen-bond acceptors (Lipinski definition) is 3. The van der Waals surface area contributed by atoms with E-state index in [9.17, 15) is 9.90 Å². The number of nitrogens with zero attached hydrogens (tertiary/aromatic N) is 1. The van der Waals surface area contributed by atoms with Gasteiger partial charge in [0.05, 0.1) is 18.1 Å². The Labute approximate surface area is 64.6 Å². The number of hydrogen-bond donors (Lipinski definition) is 2. The molecule has 4 heteroatoms. The molecule has 0 amide bonds. The van der Waals surface area contributed by atoms with Crippen LogP contribution in [0, 0.1) is 5.92 Å². The van der Waals surface area contributed by atoms with Gasteiger partial charge in [-0.3, -0.25) is 9.79 Å². The summed E-state index contributed by atoms with van der Waals surface area (Å²) in [5.41, 5.74) is -0.884. The van der Waals surface area contributed by atoms with E-state index in [0.717, 1.165) is 0 Å². The number of carbonyl (C=O) groups is 1. The molecule has 1 aliphatic rings. The third kappa shape index (κ3) is 1.57. The first-order chi connectivity index (χ1) is 5.07. The van der Waals surface area contributed by atoms with Gasteiger partial charge in [-0.25, -0.2) is 0 Å². The molecule has 0 unspecified atom stereocenters. The highest BCUT2D eigenvalue weighted by atomic mass is 16.4. The van der Waals surface area contributed by atoms with Gasteiger partial charge in [0.15, 0.2) is 0 Å². The highest BCUT2D eigenvalue weighted by Crippen LogP contribution is 2.37. The van der Waals surface area contributed by atoms with Gasteiger partial charge in [0.2, 0.25) is 0 Å². The van der Waals surface area contributed by atoms with Crippen LogP contribution in [0.3, 0.4) is 0 Å². The average Bonchev–Trinajstić information content (AvgIpc) is 1.82. The van der Waals surface area contributed by atoms with Crippen molar-refractivity contribution in [1.82, 2.24) is 0 Å². The lowest BCUT2D eigenvalue weighted by molar-refractivity contribution is -0.156. The minimum Gasteiger partial charge on any atom is -0.481 e. The van der Waals surface area contributed by atoms with Gasteiger partial charge in [0, 0.05) is 0 Å². The van der Waals surface area contributed by atoms with Crippen molar-refractivity contribution in [3.63, 3.8) is 0 Å². The molecule has 2 N–H and O–H groups in total. The molecule has 0 aliphatic heterocycles. The summed E-state index contributed by atoms with van der Waals surface area (Å²) in [5, 5.41) is 17.9. The molecule has 0 aromatic heterocycles. The van der Waals surface area contributed by atoms with Crippen LogP contribution in [0.5, 0.6) is 0 Å². The fourth-order valence-electron chi connectivity index (χ4n) is 1.37. The lowest BCUT2D eigenvalue weighted by atomic mass is 9.71. The maximum absolute atomic E-state index is 10.3. The van der Waals surface area contributed by atoms with E-state index >= 15 is 0 Å². The van der Waals surface area contributed by atoms with Gasteiger partial charge in [0.25, 0.3) is 0 Å². The Hall–Kier alpha value is -0.900. The molecule has 0 saturated heterocycles. The summed E-state index contributed by atoms with van der Waals surface area (Å²) in [7, 11) is 0. The van der Waals surface area contributed by atoms with Crippen molar-refractivity contribution < 1.29 is 15.0 Å². The van der Waals surface area contributed by atoms with Gasteiger partial charge in [-0.2, -0.15) is 0 Å². The maximum atomic E-state index is 10.3. The molecular formula is C7H11NO3. The summed E-state index contributed by atoms with van der Waals surface area (Å²) in [6.45, 7) is 3.49. The summed E-state index contributed by atoms with van der Waals surface area (Å²) in [5.74, 6) is -1.22. The Morgan fingerprint density at radius 1 is 1.73 bits per heavy atom. The van der Waals surface area contributed by atoms with E-state index in [1.807, 2.05) is 0 Å². The van der Waals surface area contributed by atoms with Crippen molar-refractivity contribution in [1.29, 1.82) is 0 Å². The van der Waals surface area contributed by atoms with E-state index < -0.39 is 11.6 Å². The quantitative estimate of drug-likeness (QED) is 0.562. The van der Waals surface area contributed by atoms with Crippen LogP contribution in [0.1, 0.15) is 12.8 Å². The van der Waals surface area contributed by atoms with Gasteiger partial charge in [-0.05, 0) is 19.6 Å². The molecule has 0 aromatic carbocycles. The minimum atomic E-state index is -0.884. The Balaban J connectivity index is 2.37. The molecule has 1 fully saturated rings. The second-order valence-electron chi connectivity index (χ2n) is 3.05. The van der Waals surface area contributed by atoms with Crippen LogP contribution in [-0.4, -0.2) is 35.0 Å². The predicted molar refractivity (Wildman–Crippen MR) is 39.7 cm³/mol. The highest BCUT2D eigenvalue weighted by Gasteiger charge is 2.45. The van der Waals surface area contributed by atoms with Gasteiger partial charge < -0.3 is 10.2 Å². The van der Waals surface area contributed by atoms with Crippen molar-refractivity contribution in [2.24, 2.45) is 10.9 Å². The van der Waals surface area contributed by atoms with Crippen LogP contribution in [0.25, 0.3) is 0 Å². The topological polar surface area (TPSA) is 69.9 Å². The molecule has 62 valence electrons. The van der Waals surface area contributed by atoms with Crippen molar-refractivity contribution in [3.05, 3.63) is 0 Å². The lowest BCUT2D eigenvalue weighted by Gasteiger charge is -2.40. The first-order valence-corrected chi connectivity index (χ1v) is 3.45. The second kappa shape index (κ2) is 2.62. The number of carboxylic acids is 1. The minimum absolute atomic E-state index is 0.247. The third-order valence-corrected chi connectivity index (χ3v) is 2.01. The summed E-state index contributed by atoms with van der Waals surface area (Å²) >= 11 is 0. The van der Waals surface area contributed by atoms with Crippen LogP contribution >= 0.6 is 0 Å². The van der Waals surface area contributed by atoms with Gasteiger partial charge in [0.1, 0.15) is 0 Å². The first-order valence-electron chi connectivity index (χ1n) is 3.45. The molecule has 0 spiro atoms. The Morgan fingerprint density at radius 3 is 2.64 bits per heavy atom. The summed E-state index contributed by atoms with van der Waals surface area (Å²) < 4.78 is 0. The molecular weight excluding hydrogens is 146 g/mol. The van der Waals surface area contributed by atoms with E-state index in [0.29, 0.717) is 12.8 Å². The number of aliphatic imine (C=N–C) groups is 1. The molecule has 0 bridgehead atoms. The summed E-state index contributed by atoms with van der Waals surface area (Å²) in [6, 6.07) is 0. The second-order valence-corrected chi connectivity index (χ2v) is 3.05. The van der Waals surface area contributed by atoms with Crippen LogP contribution in [0.15, 0.2) is 4.99 Å². The zero-order valence-electron chi connectivity index (χ0n) is 6.16. The van der Waals surface area contributed by atoms with E-state index in [2.05, 4.69) is 11.7 Å². The molecule has 0 atom stereocenters. The molecule has 4 nitrogen and oxygen atoms in total. The van der Waals surface area contributed by atoms with Gasteiger partial charge in [-0.15, -0.1) is 0 Å².